The van der Waals surface area contributed by atoms with Gasteiger partial charge in [-0.25, -0.2) is 0 Å². The van der Waals surface area contributed by atoms with Crippen molar-refractivity contribution < 1.29 is 9.53 Å². The quantitative estimate of drug-likeness (QED) is 0.838. The van der Waals surface area contributed by atoms with E-state index in [1.54, 1.807) is 18.2 Å². The zero-order valence-corrected chi connectivity index (χ0v) is 12.4. The van der Waals surface area contributed by atoms with Gasteiger partial charge in [0.05, 0.1) is 17.5 Å². The van der Waals surface area contributed by atoms with Crippen molar-refractivity contribution in [3.8, 4) is 5.75 Å². The van der Waals surface area contributed by atoms with Crippen molar-refractivity contribution in [1.29, 1.82) is 0 Å². The molecule has 3 N–H and O–H groups in total. The topological polar surface area (TPSA) is 64.3 Å². The third-order valence-corrected chi connectivity index (χ3v) is 3.10. The predicted molar refractivity (Wildman–Crippen MR) is 75.9 cm³/mol. The number of benzene rings is 1. The number of hydrogen-bond donors (Lipinski definition) is 2. The van der Waals surface area contributed by atoms with Crippen molar-refractivity contribution in [2.45, 2.75) is 19.4 Å². The maximum absolute atomic E-state index is 11.5. The van der Waals surface area contributed by atoms with Crippen LogP contribution in [0.2, 0.25) is 5.02 Å². The maximum Gasteiger partial charge on any atom is 0.223 e. The summed E-state index contributed by atoms with van der Waals surface area (Å²) in [5.41, 5.74) is 5.41. The van der Waals surface area contributed by atoms with Crippen molar-refractivity contribution in [3.05, 3.63) is 27.7 Å². The summed E-state index contributed by atoms with van der Waals surface area (Å²) in [4.78, 5) is 11.5. The molecule has 0 unspecified atom stereocenters. The molecule has 0 aliphatic heterocycles. The van der Waals surface area contributed by atoms with E-state index in [1.165, 1.54) is 0 Å². The number of hydrogen-bond acceptors (Lipinski definition) is 3. The van der Waals surface area contributed by atoms with Crippen molar-refractivity contribution in [1.82, 2.24) is 5.32 Å². The molecule has 0 fully saturated rings. The molecule has 0 saturated carbocycles. The van der Waals surface area contributed by atoms with Crippen LogP contribution < -0.4 is 15.8 Å². The number of rotatable bonds is 6. The van der Waals surface area contributed by atoms with Crippen LogP contribution in [0.5, 0.6) is 5.75 Å². The van der Waals surface area contributed by atoms with Gasteiger partial charge < -0.3 is 15.8 Å². The lowest BCUT2D eigenvalue weighted by Crippen LogP contribution is -2.38. The van der Waals surface area contributed by atoms with Crippen LogP contribution in [0.15, 0.2) is 22.7 Å². The highest BCUT2D eigenvalue weighted by molar-refractivity contribution is 9.10. The highest BCUT2D eigenvalue weighted by atomic mass is 79.9. The van der Waals surface area contributed by atoms with Crippen LogP contribution in [0.3, 0.4) is 0 Å². The van der Waals surface area contributed by atoms with E-state index in [1.807, 2.05) is 6.92 Å². The second-order valence-electron chi connectivity index (χ2n) is 3.88. The van der Waals surface area contributed by atoms with Gasteiger partial charge in [0.25, 0.3) is 0 Å². The fourth-order valence-electron chi connectivity index (χ4n) is 1.25. The zero-order chi connectivity index (χ0) is 13.5. The number of ether oxygens (including phenoxy) is 1. The Bertz CT molecular complexity index is 415. The largest absolute Gasteiger partial charge is 0.492 e. The summed E-state index contributed by atoms with van der Waals surface area (Å²) in [6.45, 7) is 2.59. The van der Waals surface area contributed by atoms with E-state index in [-0.39, 0.29) is 11.9 Å². The molecule has 1 aromatic rings. The third-order valence-electron chi connectivity index (χ3n) is 2.24. The first-order chi connectivity index (χ1) is 8.52. The molecule has 1 amide bonds. The van der Waals surface area contributed by atoms with E-state index >= 15 is 0 Å². The van der Waals surface area contributed by atoms with Crippen LogP contribution in [0.1, 0.15) is 13.3 Å². The number of amides is 1. The molecule has 6 heteroatoms. The lowest BCUT2D eigenvalue weighted by Gasteiger charge is -2.12. The lowest BCUT2D eigenvalue weighted by molar-refractivity contribution is -0.122. The van der Waals surface area contributed by atoms with E-state index in [0.717, 1.165) is 4.47 Å². The summed E-state index contributed by atoms with van der Waals surface area (Å²) in [5.74, 6) is 0.595. The Kier molecular flexibility index (Phi) is 6.46. The molecule has 18 heavy (non-hydrogen) atoms. The van der Waals surface area contributed by atoms with Crippen molar-refractivity contribution in [2.24, 2.45) is 5.73 Å². The Balaban J connectivity index is 2.35. The van der Waals surface area contributed by atoms with Gasteiger partial charge in [-0.05, 0) is 41.1 Å². The second kappa shape index (κ2) is 7.61. The highest BCUT2D eigenvalue weighted by Gasteiger charge is 2.07. The molecule has 0 saturated heterocycles. The van der Waals surface area contributed by atoms with Gasteiger partial charge in [-0.2, -0.15) is 0 Å². The van der Waals surface area contributed by atoms with Crippen LogP contribution in [-0.2, 0) is 4.79 Å². The van der Waals surface area contributed by atoms with Crippen molar-refractivity contribution in [3.63, 3.8) is 0 Å². The Morgan fingerprint density at radius 1 is 1.61 bits per heavy atom. The fourth-order valence-corrected chi connectivity index (χ4v) is 2.05. The number of carbonyl (C=O) groups is 1. The van der Waals surface area contributed by atoms with Crippen LogP contribution >= 0.6 is 27.5 Å². The maximum atomic E-state index is 11.5. The Morgan fingerprint density at radius 2 is 2.33 bits per heavy atom. The summed E-state index contributed by atoms with van der Waals surface area (Å²) in [6, 6.07) is 5.22. The molecule has 1 atom stereocenters. The Morgan fingerprint density at radius 3 is 2.94 bits per heavy atom. The molecular formula is C12H16BrClN2O2. The first-order valence-corrected chi connectivity index (χ1v) is 6.77. The molecule has 4 nitrogen and oxygen atoms in total. The van der Waals surface area contributed by atoms with Crippen LogP contribution in [-0.4, -0.2) is 25.1 Å². The minimum Gasteiger partial charge on any atom is -0.492 e. The predicted octanol–water partition coefficient (Wildman–Crippen LogP) is 2.33. The van der Waals surface area contributed by atoms with Crippen LogP contribution in [0.25, 0.3) is 0 Å². The molecule has 0 bridgehead atoms. The molecule has 100 valence electrons. The molecule has 1 rings (SSSR count). The number of halogens is 2. The van der Waals surface area contributed by atoms with Gasteiger partial charge in [-0.1, -0.05) is 11.6 Å². The molecular weight excluding hydrogens is 320 g/mol. The summed E-state index contributed by atoms with van der Waals surface area (Å²) >= 11 is 9.15. The van der Waals surface area contributed by atoms with E-state index in [0.29, 0.717) is 30.3 Å². The van der Waals surface area contributed by atoms with Crippen LogP contribution in [0.4, 0.5) is 0 Å². The number of carbonyl (C=O) groups excluding carboxylic acids is 1. The van der Waals surface area contributed by atoms with Crippen LogP contribution in [0, 0.1) is 0 Å². The lowest BCUT2D eigenvalue weighted by atomic mass is 10.3. The monoisotopic (exact) mass is 334 g/mol. The molecule has 0 spiro atoms. The summed E-state index contributed by atoms with van der Waals surface area (Å²) in [7, 11) is 0. The van der Waals surface area contributed by atoms with Gasteiger partial charge >= 0.3 is 0 Å². The molecule has 0 heterocycles. The molecule has 0 aliphatic rings. The SMILES string of the molecule is C[C@@H](CN)NC(=O)CCOc1ccc(Cl)cc1Br. The molecule has 0 aromatic heterocycles. The minimum absolute atomic E-state index is 0.0141. The van der Waals surface area contributed by atoms with Gasteiger partial charge in [-0.3, -0.25) is 4.79 Å². The Labute approximate surface area is 120 Å². The van der Waals surface area contributed by atoms with Crippen molar-refractivity contribution >= 4 is 33.4 Å². The van der Waals surface area contributed by atoms with E-state index in [2.05, 4.69) is 21.2 Å². The number of nitrogens with two attached hydrogens (primary N) is 1. The van der Waals surface area contributed by atoms with Gasteiger partial charge in [-0.15, -0.1) is 0 Å². The number of nitrogens with one attached hydrogen (secondary N) is 1. The van der Waals surface area contributed by atoms with Crippen molar-refractivity contribution in [2.75, 3.05) is 13.2 Å². The first-order valence-electron chi connectivity index (χ1n) is 5.60. The van der Waals surface area contributed by atoms with Gasteiger partial charge in [0.2, 0.25) is 5.91 Å². The minimum atomic E-state index is -0.0713. The van der Waals surface area contributed by atoms with E-state index in [9.17, 15) is 4.79 Å². The average Bonchev–Trinajstić information content (AvgIpc) is 2.31. The normalized spacial score (nSPS) is 12.0. The van der Waals surface area contributed by atoms with Gasteiger partial charge in [0, 0.05) is 17.6 Å². The van der Waals surface area contributed by atoms with E-state index in [4.69, 9.17) is 22.1 Å². The highest BCUT2D eigenvalue weighted by Crippen LogP contribution is 2.27. The second-order valence-corrected chi connectivity index (χ2v) is 5.17. The zero-order valence-electron chi connectivity index (χ0n) is 10.1. The Hall–Kier alpha value is -0.780. The standard InChI is InChI=1S/C12H16BrClN2O2/c1-8(7-15)16-12(17)4-5-18-11-3-2-9(14)6-10(11)13/h2-3,6,8H,4-5,7,15H2,1H3,(H,16,17)/t8-/m0/s1. The molecule has 0 aliphatic carbocycles. The summed E-state index contributed by atoms with van der Waals surface area (Å²) < 4.78 is 6.25. The van der Waals surface area contributed by atoms with Gasteiger partial charge in [0.15, 0.2) is 0 Å². The first kappa shape index (κ1) is 15.3. The fraction of sp³-hybridized carbons (Fsp3) is 0.417. The van der Waals surface area contributed by atoms with Gasteiger partial charge in [0.1, 0.15) is 5.75 Å². The average molecular weight is 336 g/mol. The van der Waals surface area contributed by atoms with E-state index < -0.39 is 0 Å². The summed E-state index contributed by atoms with van der Waals surface area (Å²) in [5, 5.41) is 3.39. The third kappa shape index (κ3) is 5.25. The molecule has 0 radical (unpaired) electrons. The summed E-state index contributed by atoms with van der Waals surface area (Å²) in [6.07, 6.45) is 0.291. The smallest absolute Gasteiger partial charge is 0.223 e. The molecule has 1 aromatic carbocycles.